The molecule has 0 aromatic heterocycles. The third-order valence-electron chi connectivity index (χ3n) is 3.40. The van der Waals surface area contributed by atoms with E-state index in [1.165, 1.54) is 6.07 Å². The first kappa shape index (κ1) is 11.8. The summed E-state index contributed by atoms with van der Waals surface area (Å²) in [5.41, 5.74) is 1.03. The summed E-state index contributed by atoms with van der Waals surface area (Å²) in [4.78, 5) is 13.4. The molecule has 2 aromatic carbocycles. The van der Waals surface area contributed by atoms with Gasteiger partial charge in [-0.25, -0.2) is 8.78 Å². The maximum Gasteiger partial charge on any atom is 0.239 e. The molecule has 1 amide bonds. The summed E-state index contributed by atoms with van der Waals surface area (Å²) < 4.78 is 27.7. The van der Waals surface area contributed by atoms with Crippen molar-refractivity contribution in [2.45, 2.75) is 12.8 Å². The van der Waals surface area contributed by atoms with E-state index in [1.807, 2.05) is 6.07 Å². The van der Waals surface area contributed by atoms with E-state index in [0.29, 0.717) is 5.69 Å². The summed E-state index contributed by atoms with van der Waals surface area (Å²) in [6, 6.07) is 10.6. The Morgan fingerprint density at radius 2 is 1.63 bits per heavy atom. The molecule has 2 aromatic rings. The normalized spacial score (nSPS) is 17.7. The first-order valence-corrected chi connectivity index (χ1v) is 5.98. The van der Waals surface area contributed by atoms with E-state index in [-0.39, 0.29) is 11.6 Å². The van der Waals surface area contributed by atoms with Crippen LogP contribution in [0.1, 0.15) is 18.4 Å². The van der Waals surface area contributed by atoms with E-state index in [0.717, 1.165) is 22.6 Å². The van der Waals surface area contributed by atoms with Crippen LogP contribution in [0.5, 0.6) is 0 Å². The molecule has 1 aliphatic heterocycles. The highest BCUT2D eigenvalue weighted by atomic mass is 19.1. The van der Waals surface area contributed by atoms with Gasteiger partial charge in [-0.05, 0) is 30.7 Å². The lowest BCUT2D eigenvalue weighted by molar-refractivity contribution is -0.118. The Hall–Kier alpha value is -2.23. The Kier molecular flexibility index (Phi) is 2.59. The topological polar surface area (TPSA) is 20.3 Å². The predicted molar refractivity (Wildman–Crippen MR) is 68.4 cm³/mol. The van der Waals surface area contributed by atoms with Crippen molar-refractivity contribution >= 4 is 17.3 Å². The summed E-state index contributed by atoms with van der Waals surface area (Å²) in [6.45, 7) is 1.74. The Morgan fingerprint density at radius 3 is 2.32 bits per heavy atom. The van der Waals surface area contributed by atoms with Crippen LogP contribution in [0.25, 0.3) is 0 Å². The third-order valence-corrected chi connectivity index (χ3v) is 3.40. The summed E-state index contributed by atoms with van der Waals surface area (Å²) >= 11 is 0. The van der Waals surface area contributed by atoms with Crippen LogP contribution in [-0.4, -0.2) is 5.91 Å². The van der Waals surface area contributed by atoms with Crippen LogP contribution in [0.2, 0.25) is 0 Å². The van der Waals surface area contributed by atoms with E-state index in [9.17, 15) is 13.6 Å². The molecular weight excluding hydrogens is 248 g/mol. The van der Waals surface area contributed by atoms with Gasteiger partial charge in [0.05, 0.1) is 11.6 Å². The first-order chi connectivity index (χ1) is 9.11. The molecule has 0 fully saturated rings. The maximum atomic E-state index is 13.9. The van der Waals surface area contributed by atoms with Gasteiger partial charge in [-0.15, -0.1) is 0 Å². The molecule has 0 radical (unpaired) electrons. The Labute approximate surface area is 109 Å². The van der Waals surface area contributed by atoms with Gasteiger partial charge in [-0.2, -0.15) is 0 Å². The number of nitrogens with zero attached hydrogens (tertiary/aromatic N) is 1. The number of fused-ring (bicyclic) bond motifs is 1. The molecule has 1 heterocycles. The quantitative estimate of drug-likeness (QED) is 0.763. The number of rotatable bonds is 1. The number of carbonyl (C=O) groups excluding carboxylic acids is 1. The van der Waals surface area contributed by atoms with Crippen LogP contribution >= 0.6 is 0 Å². The summed E-state index contributed by atoms with van der Waals surface area (Å²) in [5.74, 6) is -2.19. The van der Waals surface area contributed by atoms with E-state index >= 15 is 0 Å². The molecule has 0 aliphatic carbocycles. The summed E-state index contributed by atoms with van der Waals surface area (Å²) in [5, 5.41) is 0. The highest BCUT2D eigenvalue weighted by Gasteiger charge is 2.37. The highest BCUT2D eigenvalue weighted by Crippen LogP contribution is 2.43. The summed E-state index contributed by atoms with van der Waals surface area (Å²) in [7, 11) is 0. The van der Waals surface area contributed by atoms with Crippen molar-refractivity contribution in [2.75, 3.05) is 4.90 Å². The SMILES string of the molecule is CC1C(=O)N(c2c(F)cccc2F)c2ccccc21. The molecule has 4 heteroatoms. The number of para-hydroxylation sites is 2. The van der Waals surface area contributed by atoms with E-state index in [1.54, 1.807) is 25.1 Å². The minimum atomic E-state index is -0.739. The molecule has 2 nitrogen and oxygen atoms in total. The second-order valence-electron chi connectivity index (χ2n) is 4.52. The summed E-state index contributed by atoms with van der Waals surface area (Å²) in [6.07, 6.45) is 0. The Balaban J connectivity index is 2.24. The van der Waals surface area contributed by atoms with Gasteiger partial charge in [0.2, 0.25) is 5.91 Å². The van der Waals surface area contributed by atoms with Gasteiger partial charge in [0, 0.05) is 0 Å². The molecule has 1 atom stereocenters. The number of amides is 1. The maximum absolute atomic E-state index is 13.9. The van der Waals surface area contributed by atoms with Gasteiger partial charge in [-0.1, -0.05) is 24.3 Å². The predicted octanol–water partition coefficient (Wildman–Crippen LogP) is 3.75. The first-order valence-electron chi connectivity index (χ1n) is 5.98. The van der Waals surface area contributed by atoms with Crippen molar-refractivity contribution in [3.05, 3.63) is 59.7 Å². The third kappa shape index (κ3) is 1.63. The number of halogens is 2. The molecule has 0 spiro atoms. The lowest BCUT2D eigenvalue weighted by Gasteiger charge is -2.19. The van der Waals surface area contributed by atoms with E-state index < -0.39 is 17.6 Å². The highest BCUT2D eigenvalue weighted by molar-refractivity contribution is 6.10. The van der Waals surface area contributed by atoms with Gasteiger partial charge in [0.25, 0.3) is 0 Å². The van der Waals surface area contributed by atoms with Crippen molar-refractivity contribution in [1.82, 2.24) is 0 Å². The molecule has 1 unspecified atom stereocenters. The molecule has 0 saturated heterocycles. The van der Waals surface area contributed by atoms with Gasteiger partial charge >= 0.3 is 0 Å². The number of hydrogen-bond donors (Lipinski definition) is 0. The van der Waals surface area contributed by atoms with E-state index in [2.05, 4.69) is 0 Å². The van der Waals surface area contributed by atoms with Gasteiger partial charge in [0.15, 0.2) is 0 Å². The van der Waals surface area contributed by atoms with Crippen LogP contribution in [0.15, 0.2) is 42.5 Å². The van der Waals surface area contributed by atoms with E-state index in [4.69, 9.17) is 0 Å². The second kappa shape index (κ2) is 4.16. The van der Waals surface area contributed by atoms with Crippen molar-refractivity contribution in [3.8, 4) is 0 Å². The average Bonchev–Trinajstić information content (AvgIpc) is 2.64. The molecule has 96 valence electrons. The molecule has 0 bridgehead atoms. The van der Waals surface area contributed by atoms with Crippen LogP contribution in [0.3, 0.4) is 0 Å². The van der Waals surface area contributed by atoms with Crippen LogP contribution < -0.4 is 4.90 Å². The number of anilines is 2. The molecule has 1 aliphatic rings. The minimum absolute atomic E-state index is 0.302. The Bertz CT molecular complexity index is 649. The van der Waals surface area contributed by atoms with Gasteiger partial charge in [-0.3, -0.25) is 9.69 Å². The fourth-order valence-electron chi connectivity index (χ4n) is 2.44. The minimum Gasteiger partial charge on any atom is -0.274 e. The zero-order valence-corrected chi connectivity index (χ0v) is 10.2. The standard InChI is InChI=1S/C15H11F2NO/c1-9-10-5-2-3-8-13(10)18(15(9)19)14-11(16)6-4-7-12(14)17/h2-9H,1H3. The van der Waals surface area contributed by atoms with Crippen molar-refractivity contribution < 1.29 is 13.6 Å². The molecule has 0 saturated carbocycles. The molecule has 19 heavy (non-hydrogen) atoms. The molecule has 0 N–H and O–H groups in total. The van der Waals surface area contributed by atoms with Gasteiger partial charge < -0.3 is 0 Å². The van der Waals surface area contributed by atoms with Crippen LogP contribution in [-0.2, 0) is 4.79 Å². The zero-order valence-electron chi connectivity index (χ0n) is 10.2. The number of hydrogen-bond acceptors (Lipinski definition) is 1. The zero-order chi connectivity index (χ0) is 13.6. The van der Waals surface area contributed by atoms with Crippen LogP contribution in [0.4, 0.5) is 20.2 Å². The monoisotopic (exact) mass is 259 g/mol. The van der Waals surface area contributed by atoms with Gasteiger partial charge in [0.1, 0.15) is 17.3 Å². The lowest BCUT2D eigenvalue weighted by Crippen LogP contribution is -2.24. The van der Waals surface area contributed by atoms with Crippen molar-refractivity contribution in [2.24, 2.45) is 0 Å². The fraction of sp³-hybridized carbons (Fsp3) is 0.133. The fourth-order valence-corrected chi connectivity index (χ4v) is 2.44. The number of carbonyl (C=O) groups is 1. The average molecular weight is 259 g/mol. The largest absolute Gasteiger partial charge is 0.274 e. The Morgan fingerprint density at radius 1 is 1.00 bits per heavy atom. The second-order valence-corrected chi connectivity index (χ2v) is 4.52. The van der Waals surface area contributed by atoms with Crippen molar-refractivity contribution in [3.63, 3.8) is 0 Å². The van der Waals surface area contributed by atoms with Crippen LogP contribution in [0, 0.1) is 11.6 Å². The lowest BCUT2D eigenvalue weighted by atomic mass is 10.0. The molecule has 3 rings (SSSR count). The smallest absolute Gasteiger partial charge is 0.239 e. The molecular formula is C15H11F2NO. The van der Waals surface area contributed by atoms with Crippen molar-refractivity contribution in [1.29, 1.82) is 0 Å². The number of benzene rings is 2.